The Balaban J connectivity index is 1.65. The molecular formula is C24H24O9. The number of fused-ring (bicyclic) bond motifs is 3. The molecule has 4 atom stereocenters. The minimum atomic E-state index is -1.15. The van der Waals surface area contributed by atoms with Crippen LogP contribution in [-0.2, 0) is 25.5 Å². The summed E-state index contributed by atoms with van der Waals surface area (Å²) in [7, 11) is 5.91. The van der Waals surface area contributed by atoms with Gasteiger partial charge in [0, 0.05) is 11.8 Å². The number of carbonyl (C=O) groups is 2. The Morgan fingerprint density at radius 1 is 0.939 bits per heavy atom. The van der Waals surface area contributed by atoms with Gasteiger partial charge in [-0.15, -0.1) is 0 Å². The maximum atomic E-state index is 12.8. The van der Waals surface area contributed by atoms with Gasteiger partial charge in [-0.05, 0) is 47.4 Å². The molecule has 2 aliphatic heterocycles. The Hall–Kier alpha value is -3.62. The predicted molar refractivity (Wildman–Crippen MR) is 113 cm³/mol. The molecule has 0 radical (unpaired) electrons. The molecule has 0 spiro atoms. The molecule has 2 heterocycles. The number of benzene rings is 2. The summed E-state index contributed by atoms with van der Waals surface area (Å²) in [6.45, 7) is 0.350. The molecular weight excluding hydrogens is 432 g/mol. The second-order valence-electron chi connectivity index (χ2n) is 8.14. The van der Waals surface area contributed by atoms with Gasteiger partial charge in [0.15, 0.2) is 23.0 Å². The van der Waals surface area contributed by atoms with E-state index >= 15 is 0 Å². The van der Waals surface area contributed by atoms with Crippen molar-refractivity contribution in [2.45, 2.75) is 18.6 Å². The molecule has 5 rings (SSSR count). The van der Waals surface area contributed by atoms with Gasteiger partial charge < -0.3 is 33.2 Å². The number of cyclic esters (lactones) is 1. The van der Waals surface area contributed by atoms with E-state index in [-0.39, 0.29) is 23.7 Å². The van der Waals surface area contributed by atoms with Crippen LogP contribution in [0.5, 0.6) is 28.7 Å². The van der Waals surface area contributed by atoms with Crippen LogP contribution in [0.4, 0.5) is 0 Å². The number of carbonyl (C=O) groups excluding carboxylic acids is 2. The number of hydrogen-bond acceptors (Lipinski definition) is 9. The van der Waals surface area contributed by atoms with Gasteiger partial charge in [0.05, 0.1) is 41.0 Å². The molecule has 2 aromatic carbocycles. The lowest BCUT2D eigenvalue weighted by molar-refractivity contribution is -0.158. The van der Waals surface area contributed by atoms with E-state index < -0.39 is 12.3 Å². The molecule has 0 aromatic heterocycles. The summed E-state index contributed by atoms with van der Waals surface area (Å²) >= 11 is 0. The van der Waals surface area contributed by atoms with E-state index in [1.807, 2.05) is 24.3 Å². The normalized spacial score (nSPS) is 24.4. The Morgan fingerprint density at radius 2 is 1.61 bits per heavy atom. The van der Waals surface area contributed by atoms with Crippen molar-refractivity contribution in [2.75, 3.05) is 35.0 Å². The average molecular weight is 456 g/mol. The molecule has 1 saturated heterocycles. The van der Waals surface area contributed by atoms with Crippen LogP contribution in [0.3, 0.4) is 0 Å². The maximum absolute atomic E-state index is 12.8. The molecule has 33 heavy (non-hydrogen) atoms. The highest BCUT2D eigenvalue weighted by Crippen LogP contribution is 2.52. The monoisotopic (exact) mass is 456 g/mol. The average Bonchev–Trinajstić information content (AvgIpc) is 3.42. The van der Waals surface area contributed by atoms with Crippen molar-refractivity contribution in [2.24, 2.45) is 11.8 Å². The van der Waals surface area contributed by atoms with Gasteiger partial charge in [-0.1, -0.05) is 0 Å². The lowest BCUT2D eigenvalue weighted by Crippen LogP contribution is -2.31. The van der Waals surface area contributed by atoms with E-state index in [4.69, 9.17) is 33.2 Å². The van der Waals surface area contributed by atoms with E-state index in [0.29, 0.717) is 41.8 Å². The van der Waals surface area contributed by atoms with Crippen LogP contribution in [0, 0.1) is 11.8 Å². The van der Waals surface area contributed by atoms with Crippen molar-refractivity contribution >= 4 is 11.9 Å². The second-order valence-corrected chi connectivity index (χ2v) is 8.14. The van der Waals surface area contributed by atoms with Crippen LogP contribution >= 0.6 is 0 Å². The molecule has 9 nitrogen and oxygen atoms in total. The number of methoxy groups -OCH3 is 4. The minimum Gasteiger partial charge on any atom is -0.493 e. The fraction of sp³-hybridized carbons (Fsp3) is 0.417. The van der Waals surface area contributed by atoms with Crippen molar-refractivity contribution < 1.29 is 42.7 Å². The Morgan fingerprint density at radius 3 is 2.21 bits per heavy atom. The lowest BCUT2D eigenvalue weighted by atomic mass is 9.67. The first kappa shape index (κ1) is 21.2. The van der Waals surface area contributed by atoms with Crippen LogP contribution < -0.4 is 23.7 Å². The summed E-state index contributed by atoms with van der Waals surface area (Å²) in [5, 5.41) is 0. The van der Waals surface area contributed by atoms with Crippen molar-refractivity contribution in [1.29, 1.82) is 0 Å². The smallest absolute Gasteiger partial charge is 0.389 e. The highest BCUT2D eigenvalue weighted by Gasteiger charge is 2.48. The Kier molecular flexibility index (Phi) is 5.19. The largest absolute Gasteiger partial charge is 0.493 e. The van der Waals surface area contributed by atoms with Crippen LogP contribution in [0.2, 0.25) is 0 Å². The molecule has 0 amide bonds. The molecule has 0 bridgehead atoms. The number of ether oxygens (including phenoxy) is 7. The third kappa shape index (κ3) is 3.30. The van der Waals surface area contributed by atoms with Gasteiger partial charge in [0.1, 0.15) is 0 Å². The zero-order chi connectivity index (χ0) is 23.3. The highest BCUT2D eigenvalue weighted by molar-refractivity contribution is 5.79. The number of esters is 2. The van der Waals surface area contributed by atoms with Gasteiger partial charge in [-0.3, -0.25) is 4.79 Å². The van der Waals surface area contributed by atoms with Gasteiger partial charge in [-0.25, -0.2) is 4.79 Å². The van der Waals surface area contributed by atoms with Crippen molar-refractivity contribution in [3.05, 3.63) is 41.0 Å². The zero-order valence-electron chi connectivity index (χ0n) is 18.7. The summed E-state index contributed by atoms with van der Waals surface area (Å²) in [5.41, 5.74) is 2.72. The van der Waals surface area contributed by atoms with Gasteiger partial charge >= 0.3 is 18.2 Å². The first-order chi connectivity index (χ1) is 16.0. The van der Waals surface area contributed by atoms with E-state index in [2.05, 4.69) is 0 Å². The van der Waals surface area contributed by atoms with Crippen LogP contribution in [-0.4, -0.2) is 53.3 Å². The molecule has 3 aliphatic rings. The van der Waals surface area contributed by atoms with E-state index in [0.717, 1.165) is 16.7 Å². The first-order valence-corrected chi connectivity index (χ1v) is 10.5. The molecule has 1 unspecified atom stereocenters. The van der Waals surface area contributed by atoms with E-state index in [1.165, 1.54) is 7.11 Å². The molecule has 0 N–H and O–H groups in total. The van der Waals surface area contributed by atoms with Crippen LogP contribution in [0.25, 0.3) is 0 Å². The van der Waals surface area contributed by atoms with E-state index in [1.54, 1.807) is 21.3 Å². The zero-order valence-corrected chi connectivity index (χ0v) is 18.7. The maximum Gasteiger partial charge on any atom is 0.389 e. The molecule has 1 fully saturated rings. The third-order valence-electron chi connectivity index (χ3n) is 6.51. The third-order valence-corrected chi connectivity index (χ3v) is 6.51. The summed E-state index contributed by atoms with van der Waals surface area (Å²) in [6, 6.07) is 7.41. The van der Waals surface area contributed by atoms with E-state index in [9.17, 15) is 9.59 Å². The fourth-order valence-electron chi connectivity index (χ4n) is 5.03. The Labute approximate surface area is 190 Å². The van der Waals surface area contributed by atoms with Crippen molar-refractivity contribution in [3.63, 3.8) is 0 Å². The summed E-state index contributed by atoms with van der Waals surface area (Å²) < 4.78 is 38.1. The summed E-state index contributed by atoms with van der Waals surface area (Å²) in [6.07, 6.45) is -0.510. The van der Waals surface area contributed by atoms with Gasteiger partial charge in [0.2, 0.25) is 5.75 Å². The van der Waals surface area contributed by atoms with Gasteiger partial charge in [0.25, 0.3) is 0 Å². The molecule has 9 heteroatoms. The van der Waals surface area contributed by atoms with Crippen LogP contribution in [0.1, 0.15) is 22.6 Å². The molecule has 174 valence electrons. The minimum absolute atomic E-state index is 0.00543. The lowest BCUT2D eigenvalue weighted by Gasteiger charge is -2.34. The summed E-state index contributed by atoms with van der Waals surface area (Å²) in [5.74, 6) is 0.776. The Bertz CT molecular complexity index is 1100. The quantitative estimate of drug-likeness (QED) is 0.628. The van der Waals surface area contributed by atoms with Crippen molar-refractivity contribution in [1.82, 2.24) is 0 Å². The van der Waals surface area contributed by atoms with Gasteiger partial charge in [-0.2, -0.15) is 0 Å². The van der Waals surface area contributed by atoms with Crippen molar-refractivity contribution in [3.8, 4) is 28.7 Å². The van der Waals surface area contributed by atoms with Crippen LogP contribution in [0.15, 0.2) is 24.3 Å². The fourth-order valence-corrected chi connectivity index (χ4v) is 5.03. The predicted octanol–water partition coefficient (Wildman–Crippen LogP) is 2.46. The molecule has 1 aliphatic carbocycles. The number of rotatable bonds is 5. The molecule has 0 saturated carbocycles. The molecule has 2 aromatic rings. The topological polar surface area (TPSA) is 98.8 Å². The first-order valence-electron chi connectivity index (χ1n) is 10.5. The second kappa shape index (κ2) is 8.06. The summed E-state index contributed by atoms with van der Waals surface area (Å²) in [4.78, 5) is 24.7. The highest BCUT2D eigenvalue weighted by atomic mass is 16.7. The standard InChI is InChI=1S/C24H24O9/c1-27-17-7-12(8-18(28-2)21(17)29-3)19-14-9-16-15(32-24(33-16)23(26)30-4)6-11(14)5-13-10-31-22(25)20(13)19/h6-9,13,19-20,24H,5,10H2,1-4H3/t13-,19+,20+,24?/m0/s1. The number of hydrogen-bond donors (Lipinski definition) is 0. The SMILES string of the molecule is COC(=O)C1Oc2cc3c(cc2O1)[C@@H](c1cc(OC)c(OC)c(OC)c1)[C@@H]1C(=O)OC[C@@H]1C3.